The lowest BCUT2D eigenvalue weighted by atomic mass is 10.2. The third kappa shape index (κ3) is 9.52. The zero-order chi connectivity index (χ0) is 30.3. The summed E-state index contributed by atoms with van der Waals surface area (Å²) >= 11 is 0. The van der Waals surface area contributed by atoms with Crippen molar-refractivity contribution < 1.29 is 79.9 Å². The molecule has 1 atom stereocenters. The van der Waals surface area contributed by atoms with Crippen LogP contribution in [-0.2, 0) is 29.6 Å². The van der Waals surface area contributed by atoms with Crippen LogP contribution < -0.4 is 0 Å². The highest BCUT2D eigenvalue weighted by molar-refractivity contribution is 8.13. The highest BCUT2D eigenvalue weighted by Crippen LogP contribution is 2.47. The van der Waals surface area contributed by atoms with Crippen LogP contribution in [0.1, 0.15) is 20.8 Å². The summed E-state index contributed by atoms with van der Waals surface area (Å²) < 4.78 is 167. The number of carbonyl (C=O) groups excluding carboxylic acids is 1. The van der Waals surface area contributed by atoms with Gasteiger partial charge in [-0.25, -0.2) is 21.6 Å². The van der Waals surface area contributed by atoms with Crippen LogP contribution in [0.5, 0.6) is 0 Å². The summed E-state index contributed by atoms with van der Waals surface area (Å²) in [6.07, 6.45) is -13.5. The average molecular weight is 610 g/mol. The topological polar surface area (TPSA) is 129 Å². The van der Waals surface area contributed by atoms with Crippen LogP contribution in [0.15, 0.2) is 12.7 Å². The minimum absolute atomic E-state index is 0.0465. The summed E-state index contributed by atoms with van der Waals surface area (Å²) in [6.45, 7) is 13.2. The Balaban J connectivity index is 0. The molecule has 0 aromatic heterocycles. The third-order valence-corrected chi connectivity index (χ3v) is 8.03. The van der Waals surface area contributed by atoms with E-state index in [-0.39, 0.29) is 6.61 Å². The van der Waals surface area contributed by atoms with Crippen molar-refractivity contribution in [2.75, 3.05) is 32.8 Å². The average Bonchev–Trinajstić information content (AvgIpc) is 2.73. The number of sulfonamides is 2. The summed E-state index contributed by atoms with van der Waals surface area (Å²) in [4.78, 5) is 10.8. The number of aliphatic hydroxyl groups is 1. The zero-order valence-corrected chi connectivity index (χ0v) is 20.9. The molecule has 0 aliphatic heterocycles. The Morgan fingerprint density at radius 3 is 1.43 bits per heavy atom. The highest BCUT2D eigenvalue weighted by Gasteiger charge is 2.68. The molecule has 0 saturated heterocycles. The van der Waals surface area contributed by atoms with Crippen molar-refractivity contribution in [2.45, 2.75) is 49.7 Å². The standard InChI is InChI=1S/C12H24NO3.C4F10NO4S2/c1-5-12(15)16-10-11(14)9-13(6-2,7-3)8-4;5-1(6,7)3(11,12)20(16,17)15-21(18,19)4(13,14)2(8,9)10/h5,11,14H,1,6-10H2,2-4H3;/q+1;-1. The zero-order valence-electron chi connectivity index (χ0n) is 19.3. The molecular weight excluding hydrogens is 586 g/mol. The molecular formula is C16H24F10N2O7S2. The Bertz CT molecular complexity index is 915. The van der Waals surface area contributed by atoms with Crippen LogP contribution in [0, 0.1) is 0 Å². The first-order valence-corrected chi connectivity index (χ1v) is 12.6. The second-order valence-electron chi connectivity index (χ2n) is 7.01. The summed E-state index contributed by atoms with van der Waals surface area (Å²) in [5, 5.41) is -4.19. The molecule has 0 aromatic carbocycles. The first-order valence-electron chi connectivity index (χ1n) is 9.68. The molecule has 0 aliphatic carbocycles. The van der Waals surface area contributed by atoms with Gasteiger partial charge in [-0.3, -0.25) is 0 Å². The molecule has 0 radical (unpaired) electrons. The van der Waals surface area contributed by atoms with Gasteiger partial charge in [0.15, 0.2) is 20.0 Å². The lowest BCUT2D eigenvalue weighted by molar-refractivity contribution is -0.926. The van der Waals surface area contributed by atoms with Crippen LogP contribution in [0.3, 0.4) is 0 Å². The molecule has 0 bridgehead atoms. The van der Waals surface area contributed by atoms with Gasteiger partial charge in [0, 0.05) is 6.08 Å². The van der Waals surface area contributed by atoms with E-state index in [9.17, 15) is 70.6 Å². The van der Waals surface area contributed by atoms with Gasteiger partial charge < -0.3 is 18.5 Å². The predicted octanol–water partition coefficient (Wildman–Crippen LogP) is 3.28. The molecule has 0 rings (SSSR count). The van der Waals surface area contributed by atoms with E-state index in [1.165, 1.54) is 0 Å². The van der Waals surface area contributed by atoms with Gasteiger partial charge in [0.25, 0.3) is 0 Å². The predicted molar refractivity (Wildman–Crippen MR) is 107 cm³/mol. The number of rotatable bonds is 12. The van der Waals surface area contributed by atoms with Crippen molar-refractivity contribution in [1.82, 2.24) is 0 Å². The van der Waals surface area contributed by atoms with Gasteiger partial charge in [0.2, 0.25) is 0 Å². The summed E-state index contributed by atoms with van der Waals surface area (Å²) in [5.74, 6) is -0.485. The van der Waals surface area contributed by atoms with Gasteiger partial charge in [-0.15, -0.1) is 0 Å². The number of esters is 1. The number of carbonyl (C=O) groups is 1. The largest absolute Gasteiger partial charge is 0.467 e. The fourth-order valence-electron chi connectivity index (χ4n) is 2.31. The van der Waals surface area contributed by atoms with Gasteiger partial charge in [-0.05, 0) is 20.8 Å². The number of hydrogen-bond donors (Lipinski definition) is 1. The maximum Gasteiger partial charge on any atom is 0.467 e. The molecule has 1 N–H and O–H groups in total. The van der Waals surface area contributed by atoms with E-state index in [4.69, 9.17) is 4.74 Å². The van der Waals surface area contributed by atoms with Crippen LogP contribution in [0.2, 0.25) is 0 Å². The van der Waals surface area contributed by atoms with E-state index in [0.717, 1.165) is 30.2 Å². The number of ether oxygens (including phenoxy) is 1. The Morgan fingerprint density at radius 2 is 1.19 bits per heavy atom. The summed E-state index contributed by atoms with van der Waals surface area (Å²) in [7, 11) is -15.2. The van der Waals surface area contributed by atoms with Crippen molar-refractivity contribution in [3.8, 4) is 0 Å². The quantitative estimate of drug-likeness (QED) is 0.155. The van der Waals surface area contributed by atoms with Crippen LogP contribution in [0.4, 0.5) is 43.9 Å². The molecule has 0 aromatic rings. The minimum Gasteiger partial charge on any atom is -0.460 e. The number of halogens is 10. The summed E-state index contributed by atoms with van der Waals surface area (Å²) in [6, 6.07) is 0. The van der Waals surface area contributed by atoms with E-state index in [1.807, 2.05) is 0 Å². The van der Waals surface area contributed by atoms with E-state index < -0.39 is 55.0 Å². The van der Waals surface area contributed by atoms with Gasteiger partial charge in [0.1, 0.15) is 19.3 Å². The Kier molecular flexibility index (Phi) is 13.0. The van der Waals surface area contributed by atoms with Gasteiger partial charge in [-0.1, -0.05) is 6.58 Å². The van der Waals surface area contributed by atoms with Gasteiger partial charge in [0.05, 0.1) is 19.6 Å². The number of aliphatic hydroxyl groups excluding tert-OH is 1. The SMILES string of the molecule is C=CC(=O)OCC(O)C[N+](CC)(CC)CC.O=S(=O)([N-]S(=O)(=O)C(F)(F)C(F)(F)F)C(F)(F)C(F)(F)F. The molecule has 0 amide bonds. The molecule has 0 spiro atoms. The number of alkyl halides is 10. The Morgan fingerprint density at radius 1 is 0.865 bits per heavy atom. The molecule has 1 unspecified atom stereocenters. The first-order chi connectivity index (χ1) is 16.2. The van der Waals surface area contributed by atoms with Crippen molar-refractivity contribution in [3.05, 3.63) is 16.8 Å². The minimum atomic E-state index is -7.62. The molecule has 0 fully saturated rings. The molecule has 0 heterocycles. The monoisotopic (exact) mass is 610 g/mol. The van der Waals surface area contributed by atoms with Crippen LogP contribution in [0.25, 0.3) is 4.13 Å². The third-order valence-electron chi connectivity index (χ3n) is 4.70. The number of nitrogens with zero attached hydrogens (tertiary/aromatic N) is 2. The Labute approximate surface area is 205 Å². The van der Waals surface area contributed by atoms with Gasteiger partial charge in [-0.2, -0.15) is 43.9 Å². The van der Waals surface area contributed by atoms with Crippen molar-refractivity contribution in [2.24, 2.45) is 0 Å². The summed E-state index contributed by atoms with van der Waals surface area (Å²) in [5.41, 5.74) is 0. The van der Waals surface area contributed by atoms with E-state index in [2.05, 4.69) is 27.4 Å². The maximum absolute atomic E-state index is 12.3. The molecule has 0 aliphatic rings. The van der Waals surface area contributed by atoms with Crippen molar-refractivity contribution in [1.29, 1.82) is 0 Å². The number of likely N-dealkylation sites (N-methyl/N-ethyl adjacent to an activating group) is 1. The fourth-order valence-corrected chi connectivity index (χ4v) is 4.68. The first kappa shape index (κ1) is 37.4. The highest BCUT2D eigenvalue weighted by atomic mass is 32.3. The van der Waals surface area contributed by atoms with Crippen LogP contribution in [-0.4, -0.2) is 94.1 Å². The van der Waals surface area contributed by atoms with Crippen molar-refractivity contribution >= 4 is 26.0 Å². The maximum atomic E-state index is 12.3. The smallest absolute Gasteiger partial charge is 0.460 e. The molecule has 21 heteroatoms. The Hall–Kier alpha value is -1.71. The van der Waals surface area contributed by atoms with E-state index in [1.54, 1.807) is 0 Å². The lowest BCUT2D eigenvalue weighted by Gasteiger charge is -2.37. The van der Waals surface area contributed by atoms with Crippen molar-refractivity contribution in [3.63, 3.8) is 0 Å². The van der Waals surface area contributed by atoms with E-state index >= 15 is 0 Å². The fraction of sp³-hybridized carbons (Fsp3) is 0.812. The van der Waals surface area contributed by atoms with E-state index in [0.29, 0.717) is 10.7 Å². The second kappa shape index (κ2) is 12.9. The molecule has 0 saturated carbocycles. The molecule has 9 nitrogen and oxygen atoms in total. The normalized spacial score (nSPS) is 14.9. The number of hydrogen-bond acceptors (Lipinski definition) is 7. The molecule has 37 heavy (non-hydrogen) atoms. The number of quaternary nitrogens is 1. The second-order valence-corrected chi connectivity index (χ2v) is 10.5. The van der Waals surface area contributed by atoms with Gasteiger partial charge >= 0.3 is 28.8 Å². The van der Waals surface area contributed by atoms with Crippen LogP contribution >= 0.6 is 0 Å². The lowest BCUT2D eigenvalue weighted by Crippen LogP contribution is -2.52. The molecule has 222 valence electrons.